The van der Waals surface area contributed by atoms with Gasteiger partial charge in [0.2, 0.25) is 5.88 Å². The fraction of sp³-hybridized carbons (Fsp3) is 0.323. The lowest BCUT2D eigenvalue weighted by Crippen LogP contribution is -2.39. The molecule has 0 saturated carbocycles. The highest BCUT2D eigenvalue weighted by molar-refractivity contribution is 5.98. The van der Waals surface area contributed by atoms with Gasteiger partial charge >= 0.3 is 5.69 Å². The van der Waals surface area contributed by atoms with Gasteiger partial charge in [-0.3, -0.25) is 9.79 Å². The Balaban J connectivity index is 2.10. The van der Waals surface area contributed by atoms with Crippen LogP contribution in [0, 0.1) is 0 Å². The summed E-state index contributed by atoms with van der Waals surface area (Å²) in [5.41, 5.74) is 3.59. The Bertz CT molecular complexity index is 1600. The van der Waals surface area contributed by atoms with Crippen molar-refractivity contribution in [3.8, 4) is 17.3 Å². The molecule has 2 aromatic carbocycles. The topological polar surface area (TPSA) is 76.6 Å². The molecule has 1 aliphatic heterocycles. The smallest absolute Gasteiger partial charge is 0.343 e. The summed E-state index contributed by atoms with van der Waals surface area (Å²) in [6.07, 6.45) is 3.48. The average molecular weight is 498 g/mol. The van der Waals surface area contributed by atoms with E-state index in [1.165, 1.54) is 4.57 Å². The van der Waals surface area contributed by atoms with E-state index in [0.29, 0.717) is 17.1 Å². The Kier molecular flexibility index (Phi) is 6.49. The van der Waals surface area contributed by atoms with Gasteiger partial charge in [-0.25, -0.2) is 13.9 Å². The van der Waals surface area contributed by atoms with Crippen molar-refractivity contribution in [2.75, 3.05) is 0 Å². The van der Waals surface area contributed by atoms with E-state index in [1.54, 1.807) is 18.2 Å². The fourth-order valence-electron chi connectivity index (χ4n) is 4.40. The fourth-order valence-corrected chi connectivity index (χ4v) is 4.40. The van der Waals surface area contributed by atoms with Crippen molar-refractivity contribution in [3.63, 3.8) is 0 Å². The number of hydrogen-bond donors (Lipinski definition) is 1. The van der Waals surface area contributed by atoms with Crippen molar-refractivity contribution in [1.82, 2.24) is 9.13 Å². The summed E-state index contributed by atoms with van der Waals surface area (Å²) in [6.45, 7) is 16.3. The van der Waals surface area contributed by atoms with Crippen LogP contribution in [-0.4, -0.2) is 20.0 Å². The van der Waals surface area contributed by atoms with Crippen molar-refractivity contribution in [2.24, 2.45) is 4.99 Å². The van der Waals surface area contributed by atoms with Gasteiger partial charge in [0.1, 0.15) is 5.56 Å². The molecule has 1 aromatic heterocycles. The number of nitrogens with zero attached hydrogens (tertiary/aromatic N) is 3. The molecule has 2 heterocycles. The molecular weight excluding hydrogens is 462 g/mol. The van der Waals surface area contributed by atoms with E-state index >= 15 is 0 Å². The zero-order chi connectivity index (χ0) is 27.3. The highest BCUT2D eigenvalue weighted by Gasteiger charge is 2.23. The van der Waals surface area contributed by atoms with E-state index in [2.05, 4.69) is 46.5 Å². The molecule has 0 unspecified atom stereocenters. The Labute approximate surface area is 218 Å². The lowest BCUT2D eigenvalue weighted by Gasteiger charge is -2.22. The molecule has 37 heavy (non-hydrogen) atoms. The third-order valence-corrected chi connectivity index (χ3v) is 6.62. The Morgan fingerprint density at radius 2 is 1.32 bits per heavy atom. The quantitative estimate of drug-likeness (QED) is 0.478. The van der Waals surface area contributed by atoms with Crippen LogP contribution in [0.3, 0.4) is 0 Å². The van der Waals surface area contributed by atoms with Crippen molar-refractivity contribution in [1.29, 1.82) is 0 Å². The van der Waals surface area contributed by atoms with E-state index in [-0.39, 0.29) is 16.4 Å². The number of hydrogen-bond acceptors (Lipinski definition) is 4. The van der Waals surface area contributed by atoms with Gasteiger partial charge in [0.25, 0.3) is 5.56 Å². The van der Waals surface area contributed by atoms with Gasteiger partial charge in [-0.1, -0.05) is 65.8 Å². The number of aromatic nitrogens is 2. The van der Waals surface area contributed by atoms with Crippen LogP contribution in [0.4, 0.5) is 0 Å². The summed E-state index contributed by atoms with van der Waals surface area (Å²) in [6, 6.07) is 14.9. The van der Waals surface area contributed by atoms with Gasteiger partial charge in [0.15, 0.2) is 0 Å². The molecule has 0 fully saturated rings. The Hall–Kier alpha value is -3.93. The lowest BCUT2D eigenvalue weighted by atomic mass is 9.87. The minimum absolute atomic E-state index is 0.00289. The highest BCUT2D eigenvalue weighted by atomic mass is 16.3. The van der Waals surface area contributed by atoms with Crippen molar-refractivity contribution in [3.05, 3.63) is 103 Å². The maximum absolute atomic E-state index is 13.9. The molecule has 6 nitrogen and oxygen atoms in total. The molecular formula is C31H35N3O3. The molecule has 4 rings (SSSR count). The van der Waals surface area contributed by atoms with Crippen LogP contribution in [0.1, 0.15) is 72.1 Å². The van der Waals surface area contributed by atoms with Crippen LogP contribution < -0.4 is 11.2 Å². The Morgan fingerprint density at radius 3 is 1.78 bits per heavy atom. The summed E-state index contributed by atoms with van der Waals surface area (Å²) in [5.74, 6) is -0.413. The van der Waals surface area contributed by atoms with Gasteiger partial charge in [-0.05, 0) is 77.8 Å². The largest absolute Gasteiger partial charge is 0.494 e. The molecule has 1 aliphatic rings. The maximum atomic E-state index is 13.9. The second kappa shape index (κ2) is 9.18. The summed E-state index contributed by atoms with van der Waals surface area (Å²) in [4.78, 5) is 32.3. The van der Waals surface area contributed by atoms with Crippen LogP contribution in [0.2, 0.25) is 0 Å². The average Bonchev–Trinajstić information content (AvgIpc) is 3.12. The van der Waals surface area contributed by atoms with Gasteiger partial charge in [-0.2, -0.15) is 0 Å². The van der Waals surface area contributed by atoms with E-state index < -0.39 is 17.1 Å². The van der Waals surface area contributed by atoms with Crippen molar-refractivity contribution >= 4 is 11.8 Å². The van der Waals surface area contributed by atoms with Gasteiger partial charge < -0.3 is 5.11 Å². The lowest BCUT2D eigenvalue weighted by molar-refractivity contribution is 0.426. The number of benzene rings is 2. The molecule has 3 aromatic rings. The van der Waals surface area contributed by atoms with Crippen LogP contribution in [0.25, 0.3) is 17.5 Å². The maximum Gasteiger partial charge on any atom is 0.343 e. The van der Waals surface area contributed by atoms with E-state index in [4.69, 9.17) is 0 Å². The summed E-state index contributed by atoms with van der Waals surface area (Å²) < 4.78 is 2.34. The van der Waals surface area contributed by atoms with Gasteiger partial charge in [0.05, 0.1) is 17.1 Å². The predicted molar refractivity (Wildman–Crippen MR) is 152 cm³/mol. The summed E-state index contributed by atoms with van der Waals surface area (Å²) in [5, 5.41) is 11.4. The molecule has 0 aliphatic carbocycles. The number of aromatic hydroxyl groups is 1. The molecule has 0 radical (unpaired) electrons. The molecule has 6 heteroatoms. The first-order valence-electron chi connectivity index (χ1n) is 12.5. The number of aliphatic imine (C=N–C) groups is 1. The monoisotopic (exact) mass is 497 g/mol. The van der Waals surface area contributed by atoms with Crippen LogP contribution in [0.5, 0.6) is 5.88 Å². The standard InChI is InChI=1S/C31H35N3O3/c1-19-15-20(2)32-26(19)18-25-27(35)33(23-13-9-11-21(16-23)30(3,4)5)29(37)34(28(25)36)24-14-10-12-22(17-24)31(6,7)8/h9-18,35H,1-8H3. The molecule has 0 bridgehead atoms. The van der Waals surface area contributed by atoms with Crippen LogP contribution in [-0.2, 0) is 10.8 Å². The molecule has 1 N–H and O–H groups in total. The van der Waals surface area contributed by atoms with Crippen molar-refractivity contribution < 1.29 is 5.11 Å². The van der Waals surface area contributed by atoms with Gasteiger partial charge in [0, 0.05) is 5.71 Å². The van der Waals surface area contributed by atoms with Crippen molar-refractivity contribution in [2.45, 2.75) is 66.2 Å². The molecule has 0 amide bonds. The summed E-state index contributed by atoms with van der Waals surface area (Å²) >= 11 is 0. The Morgan fingerprint density at radius 1 is 0.811 bits per heavy atom. The zero-order valence-electron chi connectivity index (χ0n) is 22.9. The predicted octanol–water partition coefficient (Wildman–Crippen LogP) is 6.05. The molecule has 0 atom stereocenters. The SMILES string of the molecule is CC1=CC(C)=NC1=Cc1c(O)n(-c2cccc(C(C)(C)C)c2)c(=O)n(-c2cccc(C(C)(C)C)c2)c1=O. The van der Waals surface area contributed by atoms with E-state index in [1.807, 2.05) is 56.3 Å². The second-order valence-electron chi connectivity index (χ2n) is 11.7. The third-order valence-electron chi connectivity index (χ3n) is 6.62. The first-order valence-corrected chi connectivity index (χ1v) is 12.5. The van der Waals surface area contributed by atoms with E-state index in [9.17, 15) is 14.7 Å². The second-order valence-corrected chi connectivity index (χ2v) is 11.7. The van der Waals surface area contributed by atoms with Gasteiger partial charge in [-0.15, -0.1) is 0 Å². The summed E-state index contributed by atoms with van der Waals surface area (Å²) in [7, 11) is 0. The first-order chi connectivity index (χ1) is 17.2. The van der Waals surface area contributed by atoms with E-state index in [0.717, 1.165) is 27.0 Å². The third kappa shape index (κ3) is 5.01. The molecule has 0 saturated heterocycles. The van der Waals surface area contributed by atoms with Crippen LogP contribution in [0.15, 0.2) is 80.5 Å². The van der Waals surface area contributed by atoms with Crippen LogP contribution >= 0.6 is 0 Å². The first kappa shape index (κ1) is 26.1. The minimum Gasteiger partial charge on any atom is -0.494 e. The molecule has 0 spiro atoms. The number of rotatable bonds is 3. The molecule has 192 valence electrons. The normalized spacial score (nSPS) is 15.2. The highest BCUT2D eigenvalue weighted by Crippen LogP contribution is 2.29. The minimum atomic E-state index is -0.639. The zero-order valence-corrected chi connectivity index (χ0v) is 22.9. The number of allylic oxidation sites excluding steroid dienone is 2.